The van der Waals surface area contributed by atoms with Gasteiger partial charge in [-0.15, -0.1) is 0 Å². The lowest BCUT2D eigenvalue weighted by Gasteiger charge is -2.20. The molecule has 1 N–H and O–H groups in total. The van der Waals surface area contributed by atoms with Crippen LogP contribution in [0.5, 0.6) is 0 Å². The molecule has 1 nitrogen and oxygen atoms in total. The summed E-state index contributed by atoms with van der Waals surface area (Å²) < 4.78 is 0. The van der Waals surface area contributed by atoms with Crippen LogP contribution >= 0.6 is 11.6 Å². The largest absolute Gasteiger partial charge is 0.317 e. The van der Waals surface area contributed by atoms with E-state index in [-0.39, 0.29) is 0 Å². The van der Waals surface area contributed by atoms with Gasteiger partial charge in [-0.25, -0.2) is 0 Å². The molecule has 1 saturated carbocycles. The van der Waals surface area contributed by atoms with Crippen molar-refractivity contribution in [1.82, 2.24) is 5.32 Å². The molecule has 1 aromatic carbocycles. The van der Waals surface area contributed by atoms with Gasteiger partial charge in [-0.05, 0) is 61.9 Å². The molecule has 2 heteroatoms. The molecule has 1 aromatic rings. The maximum absolute atomic E-state index is 5.92. The van der Waals surface area contributed by atoms with Crippen LogP contribution < -0.4 is 5.32 Å². The minimum absolute atomic E-state index is 0.837. The molecule has 1 fully saturated rings. The van der Waals surface area contributed by atoms with Crippen LogP contribution in [-0.2, 0) is 6.42 Å². The Hall–Kier alpha value is -0.530. The van der Waals surface area contributed by atoms with Crippen molar-refractivity contribution in [2.75, 3.05) is 13.1 Å². The smallest absolute Gasteiger partial charge is 0.0406 e. The van der Waals surface area contributed by atoms with Gasteiger partial charge in [0.2, 0.25) is 0 Å². The predicted molar refractivity (Wildman–Crippen MR) is 74.5 cm³/mol. The van der Waals surface area contributed by atoms with Crippen molar-refractivity contribution < 1.29 is 0 Å². The van der Waals surface area contributed by atoms with E-state index in [9.17, 15) is 0 Å². The topological polar surface area (TPSA) is 12.0 Å². The molecule has 0 aliphatic heterocycles. The van der Waals surface area contributed by atoms with Gasteiger partial charge in [0.05, 0.1) is 0 Å². The van der Waals surface area contributed by atoms with Gasteiger partial charge in [-0.1, -0.05) is 37.1 Å². The van der Waals surface area contributed by atoms with Crippen molar-refractivity contribution in [3.05, 3.63) is 34.9 Å². The highest BCUT2D eigenvalue weighted by Gasteiger charge is 2.26. The zero-order valence-corrected chi connectivity index (χ0v) is 11.3. The van der Waals surface area contributed by atoms with E-state index >= 15 is 0 Å². The Bertz CT molecular complexity index is 333. The molecule has 2 rings (SSSR count). The van der Waals surface area contributed by atoms with Crippen LogP contribution in [0.4, 0.5) is 0 Å². The molecular weight excluding hydrogens is 230 g/mol. The minimum Gasteiger partial charge on any atom is -0.317 e. The van der Waals surface area contributed by atoms with E-state index in [4.69, 9.17) is 11.6 Å². The maximum Gasteiger partial charge on any atom is 0.0406 e. The highest BCUT2D eigenvalue weighted by Crippen LogP contribution is 2.33. The molecule has 2 unspecified atom stereocenters. The van der Waals surface area contributed by atoms with Crippen LogP contribution in [0.3, 0.4) is 0 Å². The Morgan fingerprint density at radius 2 is 1.88 bits per heavy atom. The summed E-state index contributed by atoms with van der Waals surface area (Å²) in [5.74, 6) is 1.72. The van der Waals surface area contributed by atoms with Gasteiger partial charge in [0.15, 0.2) is 0 Å². The summed E-state index contributed by atoms with van der Waals surface area (Å²) in [7, 11) is 0. The van der Waals surface area contributed by atoms with Crippen LogP contribution in [-0.4, -0.2) is 13.1 Å². The van der Waals surface area contributed by atoms with Crippen molar-refractivity contribution in [2.24, 2.45) is 11.8 Å². The van der Waals surface area contributed by atoms with Gasteiger partial charge in [-0.3, -0.25) is 0 Å². The maximum atomic E-state index is 5.92. The van der Waals surface area contributed by atoms with E-state index in [0.717, 1.165) is 23.4 Å². The first-order valence-corrected chi connectivity index (χ1v) is 7.12. The lowest BCUT2D eigenvalue weighted by molar-refractivity contribution is 0.368. The Balaban J connectivity index is 1.90. The van der Waals surface area contributed by atoms with Gasteiger partial charge in [0.25, 0.3) is 0 Å². The first kappa shape index (κ1) is 12.9. The van der Waals surface area contributed by atoms with Gasteiger partial charge in [0, 0.05) is 5.02 Å². The summed E-state index contributed by atoms with van der Waals surface area (Å²) in [6, 6.07) is 8.35. The highest BCUT2D eigenvalue weighted by atomic mass is 35.5. The minimum atomic E-state index is 0.837. The molecule has 94 valence electrons. The lowest BCUT2D eigenvalue weighted by Crippen LogP contribution is -2.25. The van der Waals surface area contributed by atoms with Crippen molar-refractivity contribution >= 4 is 11.6 Å². The Morgan fingerprint density at radius 1 is 1.18 bits per heavy atom. The molecule has 0 saturated heterocycles. The second-order valence-corrected chi connectivity index (χ2v) is 5.53. The van der Waals surface area contributed by atoms with Crippen LogP contribution in [0.25, 0.3) is 0 Å². The third-order valence-corrected chi connectivity index (χ3v) is 4.14. The summed E-state index contributed by atoms with van der Waals surface area (Å²) >= 11 is 5.92. The quantitative estimate of drug-likeness (QED) is 0.837. The van der Waals surface area contributed by atoms with Gasteiger partial charge in [0.1, 0.15) is 0 Å². The first-order valence-electron chi connectivity index (χ1n) is 6.74. The van der Waals surface area contributed by atoms with Gasteiger partial charge >= 0.3 is 0 Å². The van der Waals surface area contributed by atoms with Crippen LogP contribution in [0.1, 0.15) is 31.7 Å². The highest BCUT2D eigenvalue weighted by molar-refractivity contribution is 6.30. The van der Waals surface area contributed by atoms with Gasteiger partial charge in [-0.2, -0.15) is 0 Å². The van der Waals surface area contributed by atoms with E-state index in [1.54, 1.807) is 0 Å². The summed E-state index contributed by atoms with van der Waals surface area (Å²) in [6.45, 7) is 4.46. The third kappa shape index (κ3) is 3.72. The molecule has 0 spiro atoms. The van der Waals surface area contributed by atoms with Crippen molar-refractivity contribution in [3.8, 4) is 0 Å². The lowest BCUT2D eigenvalue weighted by atomic mass is 9.89. The molecular formula is C15H22ClN. The average Bonchev–Trinajstić information content (AvgIpc) is 2.77. The van der Waals surface area contributed by atoms with E-state index in [2.05, 4.69) is 24.4 Å². The molecule has 0 amide bonds. The SMILES string of the molecule is CCNCC1CCCC1Cc1ccc(Cl)cc1. The number of hydrogen-bond acceptors (Lipinski definition) is 1. The summed E-state index contributed by atoms with van der Waals surface area (Å²) in [4.78, 5) is 0. The molecule has 0 aromatic heterocycles. The molecule has 0 radical (unpaired) electrons. The zero-order valence-electron chi connectivity index (χ0n) is 10.6. The molecule has 1 aliphatic rings. The number of rotatable bonds is 5. The summed E-state index contributed by atoms with van der Waals surface area (Å²) in [6.07, 6.45) is 5.39. The summed E-state index contributed by atoms with van der Waals surface area (Å²) in [5, 5.41) is 4.33. The number of benzene rings is 1. The number of halogens is 1. The zero-order chi connectivity index (χ0) is 12.1. The molecule has 1 aliphatic carbocycles. The molecule has 17 heavy (non-hydrogen) atoms. The predicted octanol–water partition coefficient (Wildman–Crippen LogP) is 3.91. The van der Waals surface area contributed by atoms with Crippen molar-refractivity contribution in [3.63, 3.8) is 0 Å². The number of hydrogen-bond donors (Lipinski definition) is 1. The fraction of sp³-hybridized carbons (Fsp3) is 0.600. The third-order valence-electron chi connectivity index (χ3n) is 3.88. The van der Waals surface area contributed by atoms with Crippen molar-refractivity contribution in [2.45, 2.75) is 32.6 Å². The van der Waals surface area contributed by atoms with Crippen molar-refractivity contribution in [1.29, 1.82) is 0 Å². The fourth-order valence-corrected chi connectivity index (χ4v) is 3.03. The second-order valence-electron chi connectivity index (χ2n) is 5.09. The Morgan fingerprint density at radius 3 is 2.59 bits per heavy atom. The second kappa shape index (κ2) is 6.42. The molecule has 0 heterocycles. The fourth-order valence-electron chi connectivity index (χ4n) is 2.90. The van der Waals surface area contributed by atoms with E-state index in [1.165, 1.54) is 37.8 Å². The Kier molecular flexibility index (Phi) is 4.87. The van der Waals surface area contributed by atoms with E-state index in [1.807, 2.05) is 12.1 Å². The Labute approximate surface area is 110 Å². The molecule has 2 atom stereocenters. The summed E-state index contributed by atoms with van der Waals surface area (Å²) in [5.41, 5.74) is 1.43. The van der Waals surface area contributed by atoms with Crippen LogP contribution in [0.2, 0.25) is 5.02 Å². The standard InChI is InChI=1S/C15H22ClN/c1-2-17-11-14-5-3-4-13(14)10-12-6-8-15(16)9-7-12/h6-9,13-14,17H,2-5,10-11H2,1H3. The van der Waals surface area contributed by atoms with Crippen LogP contribution in [0, 0.1) is 11.8 Å². The average molecular weight is 252 g/mol. The van der Waals surface area contributed by atoms with E-state index < -0.39 is 0 Å². The first-order chi connectivity index (χ1) is 8.29. The molecule has 0 bridgehead atoms. The number of nitrogens with one attached hydrogen (secondary N) is 1. The van der Waals surface area contributed by atoms with Crippen LogP contribution in [0.15, 0.2) is 24.3 Å². The van der Waals surface area contributed by atoms with Gasteiger partial charge < -0.3 is 5.32 Å². The van der Waals surface area contributed by atoms with E-state index in [0.29, 0.717) is 0 Å². The normalized spacial score (nSPS) is 24.1. The monoisotopic (exact) mass is 251 g/mol.